The van der Waals surface area contributed by atoms with E-state index in [1.54, 1.807) is 11.8 Å². The summed E-state index contributed by atoms with van der Waals surface area (Å²) in [7, 11) is 0. The lowest BCUT2D eigenvalue weighted by Gasteiger charge is -2.28. The third-order valence-electron chi connectivity index (χ3n) is 6.62. The van der Waals surface area contributed by atoms with E-state index in [1.165, 1.54) is 5.03 Å². The van der Waals surface area contributed by atoms with Gasteiger partial charge in [-0.3, -0.25) is 4.68 Å². The van der Waals surface area contributed by atoms with Crippen LogP contribution in [0.1, 0.15) is 39.5 Å². The van der Waals surface area contributed by atoms with E-state index in [2.05, 4.69) is 53.4 Å². The number of carboxylic acid groups (broad SMARTS) is 1. The zero-order valence-electron chi connectivity index (χ0n) is 21.4. The highest BCUT2D eigenvalue weighted by molar-refractivity contribution is 7.98. The zero-order chi connectivity index (χ0) is 25.5. The maximum atomic E-state index is 10.7. The van der Waals surface area contributed by atoms with Crippen LogP contribution in [0.5, 0.6) is 5.75 Å². The number of hydrogen-bond donors (Lipinski definition) is 1. The largest absolute Gasteiger partial charge is 0.491 e. The fraction of sp³-hybridized carbons (Fsp3) is 0.448. The van der Waals surface area contributed by atoms with Gasteiger partial charge in [0.1, 0.15) is 23.1 Å². The van der Waals surface area contributed by atoms with Crippen LogP contribution < -0.4 is 4.74 Å². The Morgan fingerprint density at radius 1 is 1.06 bits per heavy atom. The van der Waals surface area contributed by atoms with E-state index in [1.807, 2.05) is 26.0 Å². The molecular formula is C29H36N2O4S. The van der Waals surface area contributed by atoms with Crippen LogP contribution in [0.15, 0.2) is 59.6 Å². The molecule has 0 radical (unpaired) electrons. The van der Waals surface area contributed by atoms with Crippen molar-refractivity contribution in [3.05, 3.63) is 54.6 Å². The Balaban J connectivity index is 1.59. The molecular weight excluding hydrogens is 472 g/mol. The lowest BCUT2D eigenvalue weighted by molar-refractivity contribution is -0.142. The smallest absolute Gasteiger partial charge is 0.329 e. The van der Waals surface area contributed by atoms with Gasteiger partial charge >= 0.3 is 5.97 Å². The van der Waals surface area contributed by atoms with Crippen molar-refractivity contribution in [2.24, 2.45) is 11.8 Å². The lowest BCUT2D eigenvalue weighted by atomic mass is 9.82. The maximum Gasteiger partial charge on any atom is 0.329 e. The zero-order valence-corrected chi connectivity index (χ0v) is 22.2. The number of ether oxygens (including phenoxy) is 2. The van der Waals surface area contributed by atoms with Crippen LogP contribution in [0, 0.1) is 11.8 Å². The molecule has 1 fully saturated rings. The first kappa shape index (κ1) is 26.3. The van der Waals surface area contributed by atoms with Crippen molar-refractivity contribution in [1.82, 2.24) is 9.78 Å². The Morgan fingerprint density at radius 2 is 1.75 bits per heavy atom. The first-order chi connectivity index (χ1) is 17.4. The minimum atomic E-state index is -0.904. The second-order valence-electron chi connectivity index (χ2n) is 9.77. The topological polar surface area (TPSA) is 73.6 Å². The molecule has 1 saturated carbocycles. The molecule has 2 aromatic carbocycles. The average Bonchev–Trinajstić information content (AvgIpc) is 3.23. The van der Waals surface area contributed by atoms with Crippen molar-refractivity contribution in [1.29, 1.82) is 0 Å². The number of thioether (sulfide) groups is 1. The van der Waals surface area contributed by atoms with Gasteiger partial charge in [0.2, 0.25) is 0 Å². The lowest BCUT2D eigenvalue weighted by Crippen LogP contribution is -2.23. The molecule has 0 amide bonds. The number of nitrogens with zero attached hydrogens (tertiary/aromatic N) is 2. The number of benzene rings is 2. The van der Waals surface area contributed by atoms with E-state index in [0.29, 0.717) is 18.4 Å². The normalized spacial score (nSPS) is 17.9. The van der Waals surface area contributed by atoms with Crippen LogP contribution >= 0.6 is 11.8 Å². The SMILES string of the molecule is CSc1c(-c2cccc(OC(C)C)c2)c(-c2ccccc2)nn1CC1CCC(COCC(=O)O)CC1. The highest BCUT2D eigenvalue weighted by atomic mass is 32.2. The van der Waals surface area contributed by atoms with Crippen molar-refractivity contribution in [3.63, 3.8) is 0 Å². The molecule has 1 heterocycles. The Hall–Kier alpha value is -2.77. The monoisotopic (exact) mass is 508 g/mol. The number of aliphatic carboxylic acids is 1. The highest BCUT2D eigenvalue weighted by Gasteiger charge is 2.26. The van der Waals surface area contributed by atoms with Crippen LogP contribution in [0.3, 0.4) is 0 Å². The molecule has 0 atom stereocenters. The Bertz CT molecular complexity index is 1140. The van der Waals surface area contributed by atoms with Crippen molar-refractivity contribution < 1.29 is 19.4 Å². The summed E-state index contributed by atoms with van der Waals surface area (Å²) < 4.78 is 13.5. The fourth-order valence-corrected chi connectivity index (χ4v) is 5.72. The van der Waals surface area contributed by atoms with Gasteiger partial charge in [0.15, 0.2) is 0 Å². The van der Waals surface area contributed by atoms with Gasteiger partial charge in [0, 0.05) is 17.7 Å². The quantitative estimate of drug-likeness (QED) is 0.293. The molecule has 192 valence electrons. The molecule has 1 aliphatic rings. The first-order valence-electron chi connectivity index (χ1n) is 12.7. The van der Waals surface area contributed by atoms with E-state index in [0.717, 1.165) is 60.4 Å². The summed E-state index contributed by atoms with van der Waals surface area (Å²) in [6.07, 6.45) is 6.56. The van der Waals surface area contributed by atoms with Crippen molar-refractivity contribution in [3.8, 4) is 28.1 Å². The molecule has 6 nitrogen and oxygen atoms in total. The molecule has 0 saturated heterocycles. The molecule has 0 spiro atoms. The van der Waals surface area contributed by atoms with Crippen molar-refractivity contribution in [2.45, 2.75) is 57.2 Å². The van der Waals surface area contributed by atoms with Gasteiger partial charge in [0.05, 0.1) is 12.7 Å². The Morgan fingerprint density at radius 3 is 2.42 bits per heavy atom. The van der Waals surface area contributed by atoms with Gasteiger partial charge in [-0.2, -0.15) is 5.10 Å². The summed E-state index contributed by atoms with van der Waals surface area (Å²) in [5, 5.41) is 15.1. The predicted molar refractivity (Wildman–Crippen MR) is 145 cm³/mol. The van der Waals surface area contributed by atoms with Crippen LogP contribution in [0.4, 0.5) is 0 Å². The Labute approximate surface area is 218 Å². The van der Waals surface area contributed by atoms with E-state index in [9.17, 15) is 4.79 Å². The van der Waals surface area contributed by atoms with Crippen LogP contribution in [0.2, 0.25) is 0 Å². The average molecular weight is 509 g/mol. The van der Waals surface area contributed by atoms with Crippen LogP contribution in [0.25, 0.3) is 22.4 Å². The molecule has 0 unspecified atom stereocenters. The van der Waals surface area contributed by atoms with Gasteiger partial charge in [-0.25, -0.2) is 4.79 Å². The fourth-order valence-electron chi connectivity index (χ4n) is 4.97. The number of hydrogen-bond acceptors (Lipinski definition) is 5. The van der Waals surface area contributed by atoms with Crippen LogP contribution in [-0.2, 0) is 16.1 Å². The summed E-state index contributed by atoms with van der Waals surface area (Å²) in [5.41, 5.74) is 4.37. The Kier molecular flexibility index (Phi) is 9.10. The molecule has 3 aromatic rings. The third kappa shape index (κ3) is 6.71. The number of carbonyl (C=O) groups is 1. The molecule has 0 aliphatic heterocycles. The molecule has 1 N–H and O–H groups in total. The molecule has 0 bridgehead atoms. The molecule has 7 heteroatoms. The van der Waals surface area contributed by atoms with E-state index >= 15 is 0 Å². The summed E-state index contributed by atoms with van der Waals surface area (Å²) in [6.45, 7) is 5.29. The third-order valence-corrected chi connectivity index (χ3v) is 7.42. The molecule has 1 aromatic heterocycles. The van der Waals surface area contributed by atoms with E-state index < -0.39 is 5.97 Å². The van der Waals surface area contributed by atoms with Gasteiger partial charge < -0.3 is 14.6 Å². The van der Waals surface area contributed by atoms with Gasteiger partial charge in [-0.05, 0) is 75.3 Å². The van der Waals surface area contributed by atoms with Gasteiger partial charge in [-0.1, -0.05) is 42.5 Å². The summed E-state index contributed by atoms with van der Waals surface area (Å²) in [4.78, 5) is 10.7. The summed E-state index contributed by atoms with van der Waals surface area (Å²) in [5.74, 6) is 0.944. The second kappa shape index (κ2) is 12.5. The number of aromatic nitrogens is 2. The highest BCUT2D eigenvalue weighted by Crippen LogP contribution is 2.41. The molecule has 1 aliphatic carbocycles. The molecule has 4 rings (SSSR count). The minimum Gasteiger partial charge on any atom is -0.491 e. The predicted octanol–water partition coefficient (Wildman–Crippen LogP) is 6.63. The van der Waals surface area contributed by atoms with Gasteiger partial charge in [0.25, 0.3) is 0 Å². The van der Waals surface area contributed by atoms with E-state index in [-0.39, 0.29) is 12.7 Å². The molecule has 36 heavy (non-hydrogen) atoms. The van der Waals surface area contributed by atoms with Crippen molar-refractivity contribution >= 4 is 17.7 Å². The summed E-state index contributed by atoms with van der Waals surface area (Å²) >= 11 is 1.74. The number of carboxylic acids is 1. The van der Waals surface area contributed by atoms with Crippen LogP contribution in [-0.4, -0.2) is 46.4 Å². The maximum absolute atomic E-state index is 10.7. The first-order valence-corrected chi connectivity index (χ1v) is 13.9. The second-order valence-corrected chi connectivity index (χ2v) is 10.6. The van der Waals surface area contributed by atoms with Crippen molar-refractivity contribution in [2.75, 3.05) is 19.5 Å². The number of rotatable bonds is 11. The summed E-state index contributed by atoms with van der Waals surface area (Å²) in [6, 6.07) is 18.7. The van der Waals surface area contributed by atoms with Gasteiger partial charge in [-0.15, -0.1) is 11.8 Å². The standard InChI is InChI=1S/C29H36N2O4S/c1-20(2)35-25-11-7-10-24(16-25)27-28(23-8-5-4-6-9-23)30-31(29(27)36-3)17-21-12-14-22(15-13-21)18-34-19-26(32)33/h4-11,16,20-22H,12-15,17-19H2,1-3H3,(H,32,33). The minimum absolute atomic E-state index is 0.112. The van der Waals surface area contributed by atoms with E-state index in [4.69, 9.17) is 19.7 Å².